The Hall–Kier alpha value is -1.29. The Bertz CT molecular complexity index is 394. The first kappa shape index (κ1) is 6.42. The van der Waals surface area contributed by atoms with Crippen LogP contribution in [0.25, 0.3) is 5.65 Å². The number of hydrogen-bond acceptors (Lipinski definition) is 3. The molecular weight excluding hydrogens is 164 g/mol. The molecule has 0 bridgehead atoms. The molecule has 0 aliphatic carbocycles. The van der Waals surface area contributed by atoms with Crippen molar-refractivity contribution in [3.05, 3.63) is 23.6 Å². The monoisotopic (exact) mass is 168 g/mol. The van der Waals surface area contributed by atoms with Crippen molar-refractivity contribution >= 4 is 22.9 Å². The van der Waals surface area contributed by atoms with Gasteiger partial charge in [0.25, 0.3) is 0 Å². The van der Waals surface area contributed by atoms with E-state index in [9.17, 15) is 0 Å². The zero-order valence-electron chi connectivity index (χ0n) is 5.53. The van der Waals surface area contributed by atoms with Crippen LogP contribution >= 0.6 is 11.6 Å². The van der Waals surface area contributed by atoms with Crippen LogP contribution in [0.15, 0.2) is 18.6 Å². The van der Waals surface area contributed by atoms with E-state index in [1.54, 1.807) is 23.0 Å². The summed E-state index contributed by atoms with van der Waals surface area (Å²) in [6.45, 7) is 0. The van der Waals surface area contributed by atoms with Crippen LogP contribution in [0.1, 0.15) is 0 Å². The quantitative estimate of drug-likeness (QED) is 0.638. The summed E-state index contributed by atoms with van der Waals surface area (Å²) in [7, 11) is 0. The van der Waals surface area contributed by atoms with Gasteiger partial charge in [-0.2, -0.15) is 0 Å². The molecule has 0 fully saturated rings. The minimum absolute atomic E-state index is 0.516. The molecule has 56 valence electrons. The van der Waals surface area contributed by atoms with Gasteiger partial charge >= 0.3 is 0 Å². The van der Waals surface area contributed by atoms with E-state index >= 15 is 0 Å². The lowest BCUT2D eigenvalue weighted by Gasteiger charge is -1.96. The zero-order valence-corrected chi connectivity index (χ0v) is 6.28. The number of nitrogens with two attached hydrogens (primary N) is 1. The maximum Gasteiger partial charge on any atom is 0.179 e. The van der Waals surface area contributed by atoms with Crippen LogP contribution in [-0.4, -0.2) is 14.6 Å². The topological polar surface area (TPSA) is 56.2 Å². The second-order valence-electron chi connectivity index (χ2n) is 2.18. The Morgan fingerprint density at radius 1 is 1.55 bits per heavy atom. The van der Waals surface area contributed by atoms with Gasteiger partial charge in [0.05, 0.1) is 10.7 Å². The molecule has 0 atom stereocenters. The minimum atomic E-state index is 0.516. The molecule has 0 radical (unpaired) electrons. The van der Waals surface area contributed by atoms with Gasteiger partial charge in [-0.25, -0.2) is 0 Å². The lowest BCUT2D eigenvalue weighted by molar-refractivity contribution is 1.10. The predicted molar refractivity (Wildman–Crippen MR) is 42.4 cm³/mol. The van der Waals surface area contributed by atoms with Gasteiger partial charge in [-0.15, -0.1) is 10.2 Å². The lowest BCUT2D eigenvalue weighted by Crippen LogP contribution is -1.90. The van der Waals surface area contributed by atoms with Crippen LogP contribution in [0, 0.1) is 0 Å². The molecule has 2 rings (SSSR count). The number of fused-ring (bicyclic) bond motifs is 1. The van der Waals surface area contributed by atoms with Crippen molar-refractivity contribution in [1.82, 2.24) is 14.6 Å². The third kappa shape index (κ3) is 0.914. The molecule has 0 aliphatic heterocycles. The van der Waals surface area contributed by atoms with Crippen LogP contribution in [0.2, 0.25) is 5.02 Å². The Kier molecular flexibility index (Phi) is 1.22. The van der Waals surface area contributed by atoms with Crippen LogP contribution in [0.3, 0.4) is 0 Å². The number of aromatic nitrogens is 3. The van der Waals surface area contributed by atoms with Gasteiger partial charge in [-0.1, -0.05) is 11.6 Å². The second-order valence-corrected chi connectivity index (χ2v) is 2.59. The second kappa shape index (κ2) is 2.10. The average Bonchev–Trinajstić information content (AvgIpc) is 2.34. The fourth-order valence-electron chi connectivity index (χ4n) is 0.917. The largest absolute Gasteiger partial charge is 0.397 e. The number of halogens is 1. The molecular formula is C6H5ClN4. The van der Waals surface area contributed by atoms with Gasteiger partial charge in [0.2, 0.25) is 0 Å². The number of nitrogens with zero attached hydrogens (tertiary/aromatic N) is 3. The normalized spacial score (nSPS) is 10.6. The van der Waals surface area contributed by atoms with E-state index in [0.717, 1.165) is 0 Å². The number of nitrogen functional groups attached to an aromatic ring is 1. The summed E-state index contributed by atoms with van der Waals surface area (Å²) in [6.07, 6.45) is 3.26. The van der Waals surface area contributed by atoms with Crippen LogP contribution < -0.4 is 5.73 Å². The van der Waals surface area contributed by atoms with E-state index in [1.807, 2.05) is 0 Å². The van der Waals surface area contributed by atoms with Crippen LogP contribution in [0.4, 0.5) is 5.69 Å². The van der Waals surface area contributed by atoms with Gasteiger partial charge < -0.3 is 5.73 Å². The maximum absolute atomic E-state index is 5.80. The number of hydrogen-bond donors (Lipinski definition) is 1. The maximum atomic E-state index is 5.80. The summed E-state index contributed by atoms with van der Waals surface area (Å²) in [5.74, 6) is 0. The fourth-order valence-corrected chi connectivity index (χ4v) is 1.18. The van der Waals surface area contributed by atoms with E-state index < -0.39 is 0 Å². The predicted octanol–water partition coefficient (Wildman–Crippen LogP) is 0.965. The summed E-state index contributed by atoms with van der Waals surface area (Å²) >= 11 is 5.80. The Morgan fingerprint density at radius 3 is 3.18 bits per heavy atom. The molecule has 11 heavy (non-hydrogen) atoms. The van der Waals surface area contributed by atoms with Gasteiger partial charge in [0.15, 0.2) is 5.65 Å². The van der Waals surface area contributed by atoms with Gasteiger partial charge in [-0.3, -0.25) is 4.40 Å². The molecule has 0 aromatic carbocycles. The third-order valence-corrected chi connectivity index (χ3v) is 1.65. The van der Waals surface area contributed by atoms with Crippen LogP contribution in [0.5, 0.6) is 0 Å². The van der Waals surface area contributed by atoms with Crippen molar-refractivity contribution in [2.24, 2.45) is 0 Å². The molecule has 5 heteroatoms. The smallest absolute Gasteiger partial charge is 0.179 e. The van der Waals surface area contributed by atoms with E-state index in [4.69, 9.17) is 17.3 Å². The average molecular weight is 169 g/mol. The Balaban J connectivity index is 2.91. The van der Waals surface area contributed by atoms with Crippen molar-refractivity contribution in [2.45, 2.75) is 0 Å². The highest BCUT2D eigenvalue weighted by molar-refractivity contribution is 6.33. The highest BCUT2D eigenvalue weighted by Gasteiger charge is 2.00. The summed E-state index contributed by atoms with van der Waals surface area (Å²) in [6, 6.07) is 1.64. The highest BCUT2D eigenvalue weighted by atomic mass is 35.5. The molecule has 0 unspecified atom stereocenters. The number of anilines is 1. The van der Waals surface area contributed by atoms with Crippen molar-refractivity contribution in [3.63, 3.8) is 0 Å². The van der Waals surface area contributed by atoms with Gasteiger partial charge in [0, 0.05) is 6.20 Å². The molecule has 2 N–H and O–H groups in total. The highest BCUT2D eigenvalue weighted by Crippen LogP contribution is 2.17. The third-order valence-electron chi connectivity index (χ3n) is 1.37. The molecule has 0 saturated carbocycles. The Labute approximate surface area is 67.6 Å². The lowest BCUT2D eigenvalue weighted by atomic mass is 10.4. The van der Waals surface area contributed by atoms with Crippen molar-refractivity contribution in [1.29, 1.82) is 0 Å². The van der Waals surface area contributed by atoms with Crippen molar-refractivity contribution < 1.29 is 0 Å². The first-order chi connectivity index (χ1) is 5.27. The number of pyridine rings is 1. The SMILES string of the molecule is Nc1cc(Cl)c2nncn2c1. The first-order valence-electron chi connectivity index (χ1n) is 3.02. The molecule has 2 heterocycles. The Morgan fingerprint density at radius 2 is 2.36 bits per heavy atom. The van der Waals surface area contributed by atoms with Crippen molar-refractivity contribution in [2.75, 3.05) is 5.73 Å². The molecule has 0 amide bonds. The summed E-state index contributed by atoms with van der Waals surface area (Å²) < 4.78 is 1.68. The standard InChI is InChI=1S/C6H5ClN4/c7-5-1-4(8)2-11-3-9-10-6(5)11/h1-3H,8H2. The van der Waals surface area contributed by atoms with Gasteiger partial charge in [-0.05, 0) is 6.07 Å². The zero-order chi connectivity index (χ0) is 7.84. The molecule has 0 saturated heterocycles. The van der Waals surface area contributed by atoms with Gasteiger partial charge in [0.1, 0.15) is 6.33 Å². The van der Waals surface area contributed by atoms with Crippen LogP contribution in [-0.2, 0) is 0 Å². The van der Waals surface area contributed by atoms with E-state index in [0.29, 0.717) is 16.4 Å². The van der Waals surface area contributed by atoms with E-state index in [2.05, 4.69) is 10.2 Å². The minimum Gasteiger partial charge on any atom is -0.397 e. The molecule has 2 aromatic heterocycles. The van der Waals surface area contributed by atoms with E-state index in [-0.39, 0.29) is 0 Å². The first-order valence-corrected chi connectivity index (χ1v) is 3.39. The molecule has 2 aromatic rings. The molecule has 0 aliphatic rings. The molecule has 4 nitrogen and oxygen atoms in total. The van der Waals surface area contributed by atoms with E-state index in [1.165, 1.54) is 0 Å². The summed E-state index contributed by atoms with van der Waals surface area (Å²) in [5.41, 5.74) is 6.75. The fraction of sp³-hybridized carbons (Fsp3) is 0. The summed E-state index contributed by atoms with van der Waals surface area (Å²) in [4.78, 5) is 0. The molecule has 0 spiro atoms. The number of rotatable bonds is 0. The van der Waals surface area contributed by atoms with Crippen molar-refractivity contribution in [3.8, 4) is 0 Å². The summed E-state index contributed by atoms with van der Waals surface area (Å²) in [5, 5.41) is 7.98.